The van der Waals surface area contributed by atoms with Gasteiger partial charge in [0, 0.05) is 36.8 Å². The Labute approximate surface area is 182 Å². The van der Waals surface area contributed by atoms with Crippen molar-refractivity contribution in [1.82, 2.24) is 5.32 Å². The van der Waals surface area contributed by atoms with Gasteiger partial charge in [-0.2, -0.15) is 0 Å². The first-order valence-electron chi connectivity index (χ1n) is 9.60. The molecule has 0 aliphatic rings. The molecule has 2 aromatic carbocycles. The average molecular weight is 432 g/mol. The second-order valence-corrected chi connectivity index (χ2v) is 8.20. The molecule has 2 amide bonds. The van der Waals surface area contributed by atoms with E-state index in [-0.39, 0.29) is 18.4 Å². The van der Waals surface area contributed by atoms with Crippen molar-refractivity contribution in [2.45, 2.75) is 6.42 Å². The number of hydrogen-bond acceptors (Lipinski definition) is 4. The molecule has 0 aliphatic carbocycles. The molecule has 0 spiro atoms. The number of benzene rings is 2. The number of nitrogens with two attached hydrogens (primary N) is 1. The summed E-state index contributed by atoms with van der Waals surface area (Å²) in [7, 11) is 5.60. The molecule has 0 saturated carbocycles. The van der Waals surface area contributed by atoms with Crippen molar-refractivity contribution in [3.05, 3.63) is 58.6 Å². The molecule has 2 rings (SSSR count). The van der Waals surface area contributed by atoms with Crippen LogP contribution in [0.4, 0.5) is 11.4 Å². The molecule has 30 heavy (non-hydrogen) atoms. The number of aldehydes is 1. The maximum Gasteiger partial charge on any atom is 0.281 e. The Morgan fingerprint density at radius 3 is 2.57 bits per heavy atom. The zero-order chi connectivity index (χ0) is 22.3. The third kappa shape index (κ3) is 6.30. The van der Waals surface area contributed by atoms with Crippen LogP contribution in [0.2, 0.25) is 5.02 Å². The molecule has 160 valence electrons. The van der Waals surface area contributed by atoms with E-state index in [4.69, 9.17) is 17.3 Å². The van der Waals surface area contributed by atoms with E-state index >= 15 is 0 Å². The lowest BCUT2D eigenvalue weighted by Gasteiger charge is -2.31. The van der Waals surface area contributed by atoms with E-state index in [2.05, 4.69) is 5.32 Å². The van der Waals surface area contributed by atoms with E-state index in [0.29, 0.717) is 57.8 Å². The monoisotopic (exact) mass is 431 g/mol. The highest BCUT2D eigenvalue weighted by Gasteiger charge is 2.24. The summed E-state index contributed by atoms with van der Waals surface area (Å²) in [6, 6.07) is 11.7. The van der Waals surface area contributed by atoms with Crippen LogP contribution >= 0.6 is 11.6 Å². The third-order valence-corrected chi connectivity index (χ3v) is 5.13. The molecule has 0 radical (unpaired) electrons. The molecule has 0 atom stereocenters. The van der Waals surface area contributed by atoms with Crippen molar-refractivity contribution >= 4 is 41.1 Å². The normalized spacial score (nSPS) is 11.1. The lowest BCUT2D eigenvalue weighted by atomic mass is 10.1. The number of nitrogens with zero attached hydrogens (tertiary/aromatic N) is 2. The van der Waals surface area contributed by atoms with E-state index < -0.39 is 0 Å². The van der Waals surface area contributed by atoms with Crippen LogP contribution in [0, 0.1) is 0 Å². The fourth-order valence-electron chi connectivity index (χ4n) is 3.09. The van der Waals surface area contributed by atoms with Gasteiger partial charge < -0.3 is 20.4 Å². The number of rotatable bonds is 9. The maximum absolute atomic E-state index is 12.7. The van der Waals surface area contributed by atoms with Crippen LogP contribution in [-0.4, -0.2) is 63.4 Å². The quantitative estimate of drug-likeness (QED) is 0.276. The van der Waals surface area contributed by atoms with E-state index in [0.717, 1.165) is 0 Å². The van der Waals surface area contributed by atoms with Crippen LogP contribution < -0.4 is 16.0 Å². The Morgan fingerprint density at radius 1 is 1.20 bits per heavy atom. The molecule has 0 aliphatic heterocycles. The molecular weight excluding hydrogens is 404 g/mol. The first-order valence-corrected chi connectivity index (χ1v) is 9.98. The molecule has 0 unspecified atom stereocenters. The minimum atomic E-state index is -0.281. The minimum Gasteiger partial charge on any atom is -0.399 e. The van der Waals surface area contributed by atoms with E-state index in [1.165, 1.54) is 4.90 Å². The number of anilines is 2. The number of quaternary nitrogens is 1. The predicted molar refractivity (Wildman–Crippen MR) is 120 cm³/mol. The van der Waals surface area contributed by atoms with Crippen LogP contribution in [0.5, 0.6) is 0 Å². The topological polar surface area (TPSA) is 92.5 Å². The van der Waals surface area contributed by atoms with Crippen molar-refractivity contribution in [2.75, 3.05) is 51.4 Å². The number of nitrogen functional groups attached to an aromatic ring is 1. The lowest BCUT2D eigenvalue weighted by molar-refractivity contribution is -0.882. The molecule has 0 heterocycles. The van der Waals surface area contributed by atoms with Gasteiger partial charge in [0.1, 0.15) is 0 Å². The Balaban J connectivity index is 1.85. The van der Waals surface area contributed by atoms with Gasteiger partial charge in [0.25, 0.3) is 11.8 Å². The Bertz CT molecular complexity index is 930. The van der Waals surface area contributed by atoms with Crippen LogP contribution in [0.25, 0.3) is 0 Å². The van der Waals surface area contributed by atoms with Crippen molar-refractivity contribution in [3.8, 4) is 0 Å². The van der Waals surface area contributed by atoms with Crippen molar-refractivity contribution in [1.29, 1.82) is 0 Å². The van der Waals surface area contributed by atoms with Gasteiger partial charge in [-0.05, 0) is 24.3 Å². The second kappa shape index (κ2) is 10.2. The summed E-state index contributed by atoms with van der Waals surface area (Å²) in [5.41, 5.74) is 7.58. The van der Waals surface area contributed by atoms with Crippen LogP contribution in [0.3, 0.4) is 0 Å². The SMILES string of the molecule is CN(C(=O)C[N+](C)(C)CCCNC(=O)c1ccccc1C=O)c1ccc(N)cc1Cl. The van der Waals surface area contributed by atoms with Gasteiger partial charge in [-0.3, -0.25) is 14.4 Å². The van der Waals surface area contributed by atoms with Crippen molar-refractivity contribution < 1.29 is 18.9 Å². The van der Waals surface area contributed by atoms with Crippen molar-refractivity contribution in [3.63, 3.8) is 0 Å². The average Bonchev–Trinajstić information content (AvgIpc) is 2.70. The number of halogens is 1. The van der Waals surface area contributed by atoms with Gasteiger partial charge in [0.15, 0.2) is 12.8 Å². The van der Waals surface area contributed by atoms with E-state index in [1.54, 1.807) is 49.5 Å². The highest BCUT2D eigenvalue weighted by Crippen LogP contribution is 2.27. The van der Waals surface area contributed by atoms with Gasteiger partial charge in [-0.1, -0.05) is 29.8 Å². The molecule has 0 fully saturated rings. The van der Waals surface area contributed by atoms with Crippen molar-refractivity contribution in [2.24, 2.45) is 0 Å². The Kier molecular flexibility index (Phi) is 7.97. The van der Waals surface area contributed by atoms with Crippen LogP contribution in [0.1, 0.15) is 27.1 Å². The molecule has 0 saturated heterocycles. The molecule has 0 bridgehead atoms. The number of amides is 2. The number of carbonyl (C=O) groups excluding carboxylic acids is 3. The number of nitrogens with one attached hydrogen (secondary N) is 1. The zero-order valence-electron chi connectivity index (χ0n) is 17.5. The van der Waals surface area contributed by atoms with E-state index in [9.17, 15) is 14.4 Å². The summed E-state index contributed by atoms with van der Waals surface area (Å²) < 4.78 is 0.455. The highest BCUT2D eigenvalue weighted by atomic mass is 35.5. The van der Waals surface area contributed by atoms with Gasteiger partial charge in [0.2, 0.25) is 0 Å². The number of likely N-dealkylation sites (N-methyl/N-ethyl adjacent to an activating group) is 2. The van der Waals surface area contributed by atoms with Gasteiger partial charge >= 0.3 is 0 Å². The molecule has 2 aromatic rings. The summed E-state index contributed by atoms with van der Waals surface area (Å²) in [6.07, 6.45) is 1.35. The molecule has 7 nitrogen and oxygen atoms in total. The maximum atomic E-state index is 12.7. The number of carbonyl (C=O) groups is 3. The molecule has 3 N–H and O–H groups in total. The third-order valence-electron chi connectivity index (χ3n) is 4.83. The summed E-state index contributed by atoms with van der Waals surface area (Å²) in [6.45, 7) is 1.41. The summed E-state index contributed by atoms with van der Waals surface area (Å²) in [5, 5.41) is 3.25. The molecular formula is C22H28ClN4O3+. The summed E-state index contributed by atoms with van der Waals surface area (Å²) in [4.78, 5) is 37.6. The number of hydrogen-bond donors (Lipinski definition) is 2. The fraction of sp³-hybridized carbons (Fsp3) is 0.318. The second-order valence-electron chi connectivity index (χ2n) is 7.80. The minimum absolute atomic E-state index is 0.0735. The smallest absolute Gasteiger partial charge is 0.281 e. The van der Waals surface area contributed by atoms with E-state index in [1.807, 2.05) is 14.1 Å². The predicted octanol–water partition coefficient (Wildman–Crippen LogP) is 2.59. The van der Waals surface area contributed by atoms with Gasteiger partial charge in [-0.25, -0.2) is 0 Å². The van der Waals surface area contributed by atoms with Gasteiger partial charge in [0.05, 0.1) is 31.4 Å². The molecule has 0 aromatic heterocycles. The lowest BCUT2D eigenvalue weighted by Crippen LogP contribution is -2.49. The highest BCUT2D eigenvalue weighted by molar-refractivity contribution is 6.34. The summed E-state index contributed by atoms with van der Waals surface area (Å²) >= 11 is 6.20. The Hall–Kier alpha value is -2.90. The first kappa shape index (κ1) is 23.4. The van der Waals surface area contributed by atoms with Crippen LogP contribution in [0.15, 0.2) is 42.5 Å². The molecule has 8 heteroatoms. The summed E-state index contributed by atoms with van der Waals surface area (Å²) in [5.74, 6) is -0.354. The fourth-order valence-corrected chi connectivity index (χ4v) is 3.41. The Morgan fingerprint density at radius 2 is 1.90 bits per heavy atom. The standard InChI is InChI=1S/C22H27ClN4O3/c1-26(20-10-9-17(24)13-19(20)23)21(29)14-27(2,3)12-6-11-25-22(30)18-8-5-4-7-16(18)15-28/h4-5,7-10,13,15H,6,11-12,14,24H2,1-3H3/p+1. The largest absolute Gasteiger partial charge is 0.399 e. The van der Waals surface area contributed by atoms with Gasteiger partial charge in [-0.15, -0.1) is 0 Å². The van der Waals surface area contributed by atoms with Crippen LogP contribution in [-0.2, 0) is 4.79 Å². The first-order chi connectivity index (χ1) is 14.1. The zero-order valence-corrected chi connectivity index (χ0v) is 18.3.